The van der Waals surface area contributed by atoms with E-state index in [1.54, 1.807) is 11.3 Å². The van der Waals surface area contributed by atoms with Crippen molar-refractivity contribution in [3.63, 3.8) is 0 Å². The number of thiophene rings is 1. The average Bonchev–Trinajstić information content (AvgIpc) is 3.29. The van der Waals surface area contributed by atoms with E-state index in [9.17, 15) is 0 Å². The smallest absolute Gasteiger partial charge is 0.236 e. The zero-order valence-electron chi connectivity index (χ0n) is 20.4. The Labute approximate surface area is 214 Å². The number of aromatic nitrogens is 3. The molecule has 0 saturated carbocycles. The first kappa shape index (κ1) is 22.7. The molecule has 1 saturated heterocycles. The number of benzene rings is 2. The highest BCUT2D eigenvalue weighted by Crippen LogP contribution is 2.40. The van der Waals surface area contributed by atoms with Crippen LogP contribution in [0.3, 0.4) is 0 Å². The number of nitrogens with one attached hydrogen (secondary N) is 1. The third-order valence-corrected chi connectivity index (χ3v) is 7.58. The lowest BCUT2D eigenvalue weighted by molar-refractivity contribution is 0.331. The second-order valence-electron chi connectivity index (χ2n) is 8.99. The summed E-state index contributed by atoms with van der Waals surface area (Å²) in [5.74, 6) is 1.37. The number of nitrogens with zero attached hydrogens (tertiary/aromatic N) is 4. The van der Waals surface area contributed by atoms with Gasteiger partial charge in [-0.2, -0.15) is 4.98 Å². The van der Waals surface area contributed by atoms with Gasteiger partial charge in [0.15, 0.2) is 0 Å². The minimum Gasteiger partial charge on any atom is -0.477 e. The molecule has 0 aliphatic carbocycles. The predicted octanol–water partition coefficient (Wildman–Crippen LogP) is 5.27. The van der Waals surface area contributed by atoms with E-state index in [1.807, 2.05) is 25.1 Å². The van der Waals surface area contributed by atoms with E-state index < -0.39 is 0 Å². The molecule has 0 atom stereocenters. The molecule has 4 heterocycles. The van der Waals surface area contributed by atoms with Crippen LogP contribution in [0.25, 0.3) is 42.8 Å². The Morgan fingerprint density at radius 1 is 0.972 bits per heavy atom. The molecule has 0 unspecified atom stereocenters. The van der Waals surface area contributed by atoms with Crippen LogP contribution < -0.4 is 20.7 Å². The van der Waals surface area contributed by atoms with Crippen molar-refractivity contribution in [3.8, 4) is 28.3 Å². The van der Waals surface area contributed by atoms with Gasteiger partial charge in [0, 0.05) is 42.8 Å². The van der Waals surface area contributed by atoms with Crippen LogP contribution in [0.1, 0.15) is 12.5 Å². The van der Waals surface area contributed by atoms with E-state index in [-0.39, 0.29) is 0 Å². The summed E-state index contributed by atoms with van der Waals surface area (Å²) in [6, 6.07) is 18.6. The van der Waals surface area contributed by atoms with Gasteiger partial charge in [0.1, 0.15) is 15.0 Å². The highest BCUT2D eigenvalue weighted by molar-refractivity contribution is 7.25. The topological polar surface area (TPSA) is 89.2 Å². The summed E-state index contributed by atoms with van der Waals surface area (Å²) in [6.07, 6.45) is 0. The Kier molecular flexibility index (Phi) is 5.91. The lowest BCUT2D eigenvalue weighted by Gasteiger charge is -2.27. The minimum atomic E-state index is 0.554. The first-order chi connectivity index (χ1) is 17.6. The first-order valence-electron chi connectivity index (χ1n) is 12.3. The Bertz CT molecular complexity index is 1560. The van der Waals surface area contributed by atoms with Crippen LogP contribution in [0.15, 0.2) is 54.6 Å². The summed E-state index contributed by atoms with van der Waals surface area (Å²) >= 11 is 1.60. The zero-order chi connectivity index (χ0) is 24.6. The van der Waals surface area contributed by atoms with Gasteiger partial charge in [-0.25, -0.2) is 9.97 Å². The Morgan fingerprint density at radius 2 is 1.75 bits per heavy atom. The van der Waals surface area contributed by atoms with Crippen molar-refractivity contribution in [3.05, 3.63) is 60.2 Å². The number of ether oxygens (including phenoxy) is 1. The van der Waals surface area contributed by atoms with Gasteiger partial charge in [-0.1, -0.05) is 36.4 Å². The fraction of sp³-hybridized carbons (Fsp3) is 0.250. The van der Waals surface area contributed by atoms with Crippen LogP contribution in [-0.4, -0.2) is 47.7 Å². The molecule has 3 aromatic heterocycles. The van der Waals surface area contributed by atoms with Crippen molar-refractivity contribution in [2.75, 3.05) is 43.4 Å². The van der Waals surface area contributed by atoms with Gasteiger partial charge in [0.25, 0.3) is 0 Å². The number of nitrogen functional groups attached to an aromatic ring is 1. The largest absolute Gasteiger partial charge is 0.477 e. The number of piperazine rings is 1. The molecule has 0 amide bonds. The van der Waals surface area contributed by atoms with Crippen LogP contribution in [0.2, 0.25) is 0 Å². The highest BCUT2D eigenvalue weighted by Gasteiger charge is 2.21. The molecule has 0 spiro atoms. The number of nitrogens with two attached hydrogens (primary N) is 1. The summed E-state index contributed by atoms with van der Waals surface area (Å²) in [5, 5.41) is 4.47. The maximum atomic E-state index is 5.98. The summed E-state index contributed by atoms with van der Waals surface area (Å²) in [6.45, 7) is 8.29. The Morgan fingerprint density at radius 3 is 2.50 bits per heavy atom. The molecule has 2 aromatic carbocycles. The molecule has 3 N–H and O–H groups in total. The molecule has 1 aliphatic heterocycles. The van der Waals surface area contributed by atoms with Crippen molar-refractivity contribution < 1.29 is 4.74 Å². The van der Waals surface area contributed by atoms with Crippen LogP contribution >= 0.6 is 11.3 Å². The molecule has 0 radical (unpaired) electrons. The van der Waals surface area contributed by atoms with Gasteiger partial charge in [-0.05, 0) is 48.7 Å². The summed E-state index contributed by atoms with van der Waals surface area (Å²) in [5.41, 5.74) is 13.1. The van der Waals surface area contributed by atoms with Crippen LogP contribution in [-0.2, 0) is 0 Å². The van der Waals surface area contributed by atoms with Gasteiger partial charge in [0.2, 0.25) is 11.8 Å². The molecule has 1 aliphatic rings. The van der Waals surface area contributed by atoms with E-state index >= 15 is 0 Å². The fourth-order valence-electron chi connectivity index (χ4n) is 4.72. The molecule has 5 aromatic rings. The van der Waals surface area contributed by atoms with Crippen molar-refractivity contribution in [2.45, 2.75) is 13.8 Å². The fourth-order valence-corrected chi connectivity index (χ4v) is 5.86. The average molecular weight is 497 g/mol. The lowest BCUT2D eigenvalue weighted by Crippen LogP contribution is -2.44. The normalized spacial score (nSPS) is 14.0. The van der Waals surface area contributed by atoms with E-state index in [2.05, 4.69) is 53.5 Å². The van der Waals surface area contributed by atoms with Crippen LogP contribution in [0, 0.1) is 6.92 Å². The van der Waals surface area contributed by atoms with Crippen molar-refractivity contribution in [1.29, 1.82) is 0 Å². The third kappa shape index (κ3) is 4.12. The first-order valence-corrected chi connectivity index (χ1v) is 13.1. The number of hydrogen-bond donors (Lipinski definition) is 2. The second-order valence-corrected chi connectivity index (χ2v) is 9.99. The second kappa shape index (κ2) is 9.37. The molecule has 6 rings (SSSR count). The summed E-state index contributed by atoms with van der Waals surface area (Å²) < 4.78 is 6.93. The van der Waals surface area contributed by atoms with Crippen LogP contribution in [0.5, 0.6) is 5.88 Å². The molecular weight excluding hydrogens is 468 g/mol. The number of rotatable bonds is 5. The van der Waals surface area contributed by atoms with E-state index in [0.717, 1.165) is 86.2 Å². The molecule has 182 valence electrons. The lowest BCUT2D eigenvalue weighted by atomic mass is 10.0. The number of aryl methyl sites for hydroxylation is 1. The number of fused-ring (bicyclic) bond motifs is 3. The van der Waals surface area contributed by atoms with Gasteiger partial charge < -0.3 is 20.7 Å². The minimum absolute atomic E-state index is 0.554. The molecule has 0 bridgehead atoms. The third-order valence-electron chi connectivity index (χ3n) is 6.52. The van der Waals surface area contributed by atoms with Gasteiger partial charge in [0.05, 0.1) is 12.3 Å². The van der Waals surface area contributed by atoms with E-state index in [1.165, 1.54) is 0 Å². The maximum absolute atomic E-state index is 5.98. The number of pyridine rings is 1. The quantitative estimate of drug-likeness (QED) is 0.320. The van der Waals surface area contributed by atoms with Crippen LogP contribution in [0.4, 0.5) is 11.6 Å². The molecule has 36 heavy (non-hydrogen) atoms. The standard InChI is InChI=1S/C28H28N6OS/c1-3-35-26-25-24(32-28(33-26)34-13-11-30-12-14-34)23-17(2)15-22(31-27(23)36-25)19-9-7-18(8-10-19)20-5-4-6-21(29)16-20/h4-10,15-16,30H,3,11-14,29H2,1-2H3. The van der Waals surface area contributed by atoms with Gasteiger partial charge in [-0.15, -0.1) is 11.3 Å². The SMILES string of the molecule is CCOc1nc(N2CCNCC2)nc2c1sc1nc(-c3ccc(-c4cccc(N)c4)cc3)cc(C)c12. The number of hydrogen-bond acceptors (Lipinski definition) is 8. The van der Waals surface area contributed by atoms with Crippen molar-refractivity contribution >= 4 is 43.4 Å². The Hall–Kier alpha value is -3.75. The predicted molar refractivity (Wildman–Crippen MR) is 149 cm³/mol. The number of anilines is 2. The van der Waals surface area contributed by atoms with E-state index in [0.29, 0.717) is 12.5 Å². The van der Waals surface area contributed by atoms with Gasteiger partial charge in [-0.3, -0.25) is 0 Å². The maximum Gasteiger partial charge on any atom is 0.236 e. The highest BCUT2D eigenvalue weighted by atomic mass is 32.1. The molecule has 1 fully saturated rings. The molecule has 8 heteroatoms. The zero-order valence-corrected chi connectivity index (χ0v) is 21.2. The van der Waals surface area contributed by atoms with E-state index in [4.69, 9.17) is 25.4 Å². The summed E-state index contributed by atoms with van der Waals surface area (Å²) in [4.78, 5) is 18.0. The van der Waals surface area contributed by atoms with Gasteiger partial charge >= 0.3 is 0 Å². The van der Waals surface area contributed by atoms with Crippen molar-refractivity contribution in [1.82, 2.24) is 20.3 Å². The Balaban J connectivity index is 1.43. The molecule has 7 nitrogen and oxygen atoms in total. The monoisotopic (exact) mass is 496 g/mol. The summed E-state index contributed by atoms with van der Waals surface area (Å²) in [7, 11) is 0. The van der Waals surface area contributed by atoms with Crippen molar-refractivity contribution in [2.24, 2.45) is 0 Å². The molecular formula is C28H28N6OS.